The fraction of sp³-hybridized carbons (Fsp3) is 0.273. The van der Waals surface area contributed by atoms with Crippen LogP contribution in [0.2, 0.25) is 0 Å². The molecule has 0 fully saturated rings. The number of rotatable bonds is 4. The maximum atomic E-state index is 13.3. The van der Waals surface area contributed by atoms with E-state index in [1.165, 1.54) is 6.07 Å². The van der Waals surface area contributed by atoms with Gasteiger partial charge in [0.25, 0.3) is 0 Å². The molecule has 1 atom stereocenters. The summed E-state index contributed by atoms with van der Waals surface area (Å²) in [6.45, 7) is 3.57. The third-order valence-electron chi connectivity index (χ3n) is 2.11. The van der Waals surface area contributed by atoms with Crippen LogP contribution in [0.1, 0.15) is 18.0 Å². The topological polar surface area (TPSA) is 12.0 Å². The molecule has 0 spiro atoms. The maximum Gasteiger partial charge on any atom is 0.163 e. The largest absolute Gasteiger partial charge is 0.313 e. The van der Waals surface area contributed by atoms with Crippen LogP contribution in [0.3, 0.4) is 0 Å². The summed E-state index contributed by atoms with van der Waals surface area (Å²) in [7, 11) is 1.71. The van der Waals surface area contributed by atoms with Crippen LogP contribution in [-0.4, -0.2) is 7.05 Å². The highest BCUT2D eigenvalue weighted by atomic mass is 19.2. The first-order chi connectivity index (χ1) is 6.70. The maximum absolute atomic E-state index is 13.3. The van der Waals surface area contributed by atoms with Crippen molar-refractivity contribution in [3.63, 3.8) is 0 Å². The van der Waals surface area contributed by atoms with E-state index < -0.39 is 11.6 Å². The molecule has 0 amide bonds. The van der Waals surface area contributed by atoms with Crippen LogP contribution in [0, 0.1) is 11.6 Å². The average Bonchev–Trinajstić information content (AvgIpc) is 2.19. The Hall–Kier alpha value is -1.22. The molecule has 14 heavy (non-hydrogen) atoms. The van der Waals surface area contributed by atoms with Gasteiger partial charge in [-0.1, -0.05) is 18.2 Å². The van der Waals surface area contributed by atoms with Gasteiger partial charge in [0.15, 0.2) is 11.6 Å². The van der Waals surface area contributed by atoms with Gasteiger partial charge >= 0.3 is 0 Å². The van der Waals surface area contributed by atoms with Crippen molar-refractivity contribution >= 4 is 0 Å². The minimum atomic E-state index is -0.813. The third kappa shape index (κ3) is 2.17. The second-order valence-electron chi connectivity index (χ2n) is 3.01. The molecule has 0 heterocycles. The molecule has 0 radical (unpaired) electrons. The first-order valence-electron chi connectivity index (χ1n) is 4.42. The molecule has 0 aliphatic carbocycles. The fourth-order valence-corrected chi connectivity index (χ4v) is 1.36. The minimum absolute atomic E-state index is 0.219. The van der Waals surface area contributed by atoms with Crippen LogP contribution in [-0.2, 0) is 0 Å². The third-order valence-corrected chi connectivity index (χ3v) is 2.11. The Bertz CT molecular complexity index is 323. The van der Waals surface area contributed by atoms with Gasteiger partial charge in [-0.05, 0) is 19.5 Å². The van der Waals surface area contributed by atoms with Crippen molar-refractivity contribution in [1.29, 1.82) is 0 Å². The van der Waals surface area contributed by atoms with E-state index in [2.05, 4.69) is 11.9 Å². The van der Waals surface area contributed by atoms with Crippen LogP contribution >= 0.6 is 0 Å². The van der Waals surface area contributed by atoms with Gasteiger partial charge in [0.1, 0.15) is 0 Å². The van der Waals surface area contributed by atoms with Crippen LogP contribution < -0.4 is 5.32 Å². The zero-order valence-corrected chi connectivity index (χ0v) is 8.06. The molecule has 1 nitrogen and oxygen atoms in total. The number of hydrogen-bond acceptors (Lipinski definition) is 1. The SMILES string of the molecule is C=CCC(NC)c1cccc(F)c1F. The number of benzene rings is 1. The normalized spacial score (nSPS) is 12.5. The number of nitrogens with one attached hydrogen (secondary N) is 1. The highest BCUT2D eigenvalue weighted by Crippen LogP contribution is 2.21. The van der Waals surface area contributed by atoms with E-state index in [0.717, 1.165) is 6.07 Å². The summed E-state index contributed by atoms with van der Waals surface area (Å²) in [6, 6.07) is 3.96. The fourth-order valence-electron chi connectivity index (χ4n) is 1.36. The Balaban J connectivity index is 3.03. The van der Waals surface area contributed by atoms with Gasteiger partial charge < -0.3 is 5.32 Å². The van der Waals surface area contributed by atoms with Crippen LogP contribution in [0.15, 0.2) is 30.9 Å². The van der Waals surface area contributed by atoms with E-state index in [1.54, 1.807) is 19.2 Å². The minimum Gasteiger partial charge on any atom is -0.313 e. The van der Waals surface area contributed by atoms with Crippen molar-refractivity contribution < 1.29 is 8.78 Å². The first kappa shape index (κ1) is 10.9. The molecule has 0 saturated heterocycles. The summed E-state index contributed by atoms with van der Waals surface area (Å²) in [5, 5.41) is 2.91. The van der Waals surface area contributed by atoms with Crippen molar-refractivity contribution in [2.45, 2.75) is 12.5 Å². The Morgan fingerprint density at radius 2 is 2.21 bits per heavy atom. The molecule has 0 aliphatic heterocycles. The van der Waals surface area contributed by atoms with Crippen molar-refractivity contribution in [2.75, 3.05) is 7.05 Å². The van der Waals surface area contributed by atoms with Gasteiger partial charge in [-0.2, -0.15) is 0 Å². The van der Waals surface area contributed by atoms with Gasteiger partial charge in [-0.25, -0.2) is 8.78 Å². The lowest BCUT2D eigenvalue weighted by molar-refractivity contribution is 0.475. The average molecular weight is 197 g/mol. The molecule has 3 heteroatoms. The molecule has 1 N–H and O–H groups in total. The predicted octanol–water partition coefficient (Wildman–Crippen LogP) is 2.80. The molecule has 76 valence electrons. The highest BCUT2D eigenvalue weighted by Gasteiger charge is 2.14. The molecule has 1 rings (SSSR count). The van der Waals surface area contributed by atoms with Gasteiger partial charge in [0.2, 0.25) is 0 Å². The van der Waals surface area contributed by atoms with Gasteiger partial charge in [0, 0.05) is 11.6 Å². The number of halogens is 2. The summed E-state index contributed by atoms with van der Waals surface area (Å²) in [6.07, 6.45) is 2.24. The van der Waals surface area contributed by atoms with Gasteiger partial charge in [-0.3, -0.25) is 0 Å². The molecule has 0 aliphatic rings. The number of hydrogen-bond donors (Lipinski definition) is 1. The van der Waals surface area contributed by atoms with Crippen molar-refractivity contribution in [1.82, 2.24) is 5.32 Å². The van der Waals surface area contributed by atoms with Crippen LogP contribution in [0.4, 0.5) is 8.78 Å². The smallest absolute Gasteiger partial charge is 0.163 e. The summed E-state index contributed by atoms with van der Waals surface area (Å²) in [5.74, 6) is -1.60. The lowest BCUT2D eigenvalue weighted by atomic mass is 10.0. The van der Waals surface area contributed by atoms with E-state index in [0.29, 0.717) is 12.0 Å². The van der Waals surface area contributed by atoms with E-state index in [-0.39, 0.29) is 6.04 Å². The summed E-state index contributed by atoms with van der Waals surface area (Å²) in [5.41, 5.74) is 0.340. The Labute approximate surface area is 82.4 Å². The monoisotopic (exact) mass is 197 g/mol. The van der Waals surface area contributed by atoms with E-state index in [1.807, 2.05) is 0 Å². The van der Waals surface area contributed by atoms with E-state index in [9.17, 15) is 8.78 Å². The second kappa shape index (κ2) is 4.86. The lowest BCUT2D eigenvalue weighted by Gasteiger charge is -2.15. The van der Waals surface area contributed by atoms with Crippen LogP contribution in [0.5, 0.6) is 0 Å². The zero-order chi connectivity index (χ0) is 10.6. The van der Waals surface area contributed by atoms with E-state index >= 15 is 0 Å². The molecule has 1 unspecified atom stereocenters. The first-order valence-corrected chi connectivity index (χ1v) is 4.42. The quantitative estimate of drug-likeness (QED) is 0.732. The van der Waals surface area contributed by atoms with Gasteiger partial charge in [-0.15, -0.1) is 6.58 Å². The second-order valence-corrected chi connectivity index (χ2v) is 3.01. The van der Waals surface area contributed by atoms with Crippen molar-refractivity contribution in [3.05, 3.63) is 48.1 Å². The Morgan fingerprint density at radius 3 is 2.79 bits per heavy atom. The molecule has 0 bridgehead atoms. The van der Waals surface area contributed by atoms with Crippen molar-refractivity contribution in [3.8, 4) is 0 Å². The molecular weight excluding hydrogens is 184 g/mol. The molecular formula is C11H13F2N. The van der Waals surface area contributed by atoms with Gasteiger partial charge in [0.05, 0.1) is 0 Å². The standard InChI is InChI=1S/C11H13F2N/c1-3-5-10(14-2)8-6-4-7-9(12)11(8)13/h3-4,6-7,10,14H,1,5H2,2H3. The Kier molecular flexibility index (Phi) is 3.77. The van der Waals surface area contributed by atoms with E-state index in [4.69, 9.17) is 0 Å². The summed E-state index contributed by atoms with van der Waals surface area (Å²) in [4.78, 5) is 0. The zero-order valence-electron chi connectivity index (χ0n) is 8.06. The highest BCUT2D eigenvalue weighted by molar-refractivity contribution is 5.23. The van der Waals surface area contributed by atoms with Crippen molar-refractivity contribution in [2.24, 2.45) is 0 Å². The van der Waals surface area contributed by atoms with Crippen LogP contribution in [0.25, 0.3) is 0 Å². The molecule has 1 aromatic carbocycles. The predicted molar refractivity (Wildman–Crippen MR) is 53.0 cm³/mol. The lowest BCUT2D eigenvalue weighted by Crippen LogP contribution is -2.17. The molecule has 0 saturated carbocycles. The summed E-state index contributed by atoms with van der Waals surface area (Å²) >= 11 is 0. The Morgan fingerprint density at radius 1 is 1.50 bits per heavy atom. The molecule has 1 aromatic rings. The molecule has 0 aromatic heterocycles. The summed E-state index contributed by atoms with van der Waals surface area (Å²) < 4.78 is 26.2.